The van der Waals surface area contributed by atoms with Crippen molar-refractivity contribution in [1.82, 2.24) is 0 Å². The quantitative estimate of drug-likeness (QED) is 0.725. The summed E-state index contributed by atoms with van der Waals surface area (Å²) in [5.41, 5.74) is 6.50. The van der Waals surface area contributed by atoms with Crippen LogP contribution in [0.4, 0.5) is 11.4 Å². The Morgan fingerprint density at radius 1 is 1.33 bits per heavy atom. The van der Waals surface area contributed by atoms with Crippen molar-refractivity contribution in [2.75, 3.05) is 11.1 Å². The molecule has 1 aromatic carbocycles. The van der Waals surface area contributed by atoms with E-state index in [4.69, 9.17) is 10.8 Å². The first kappa shape index (κ1) is 17.0. The summed E-state index contributed by atoms with van der Waals surface area (Å²) in [6.45, 7) is 8.40. The van der Waals surface area contributed by atoms with Gasteiger partial charge in [-0.1, -0.05) is 27.7 Å². The molecule has 0 bridgehead atoms. The van der Waals surface area contributed by atoms with Crippen molar-refractivity contribution in [3.8, 4) is 0 Å². The molecule has 21 heavy (non-hydrogen) atoms. The summed E-state index contributed by atoms with van der Waals surface area (Å²) in [7, 11) is 0. The number of carbonyl (C=O) groups excluding carboxylic acids is 1. The first-order valence-electron chi connectivity index (χ1n) is 7.01. The van der Waals surface area contributed by atoms with E-state index in [1.54, 1.807) is 0 Å². The second-order valence-corrected chi connectivity index (χ2v) is 6.73. The number of carboxylic acids is 1. The molecule has 0 aliphatic heterocycles. The summed E-state index contributed by atoms with van der Waals surface area (Å²) in [6.07, 6.45) is 1.27. The zero-order valence-electron chi connectivity index (χ0n) is 13.1. The fourth-order valence-corrected chi connectivity index (χ4v) is 2.49. The number of nitrogens with one attached hydrogen (secondary N) is 1. The molecule has 0 aromatic heterocycles. The van der Waals surface area contributed by atoms with Crippen LogP contribution >= 0.6 is 0 Å². The van der Waals surface area contributed by atoms with E-state index in [1.165, 1.54) is 18.2 Å². The minimum atomic E-state index is -1.09. The lowest BCUT2D eigenvalue weighted by molar-refractivity contribution is -0.117. The van der Waals surface area contributed by atoms with Gasteiger partial charge in [0.05, 0.1) is 11.3 Å². The Balaban J connectivity index is 2.75. The van der Waals surface area contributed by atoms with E-state index in [1.807, 2.05) is 6.92 Å². The van der Waals surface area contributed by atoms with E-state index < -0.39 is 5.97 Å². The number of benzene rings is 1. The number of anilines is 2. The lowest BCUT2D eigenvalue weighted by atomic mass is 9.84. The van der Waals surface area contributed by atoms with Gasteiger partial charge in [0.1, 0.15) is 0 Å². The molecule has 0 fully saturated rings. The average Bonchev–Trinajstić information content (AvgIpc) is 2.24. The number of nitrogens with two attached hydrogens (primary N) is 1. The van der Waals surface area contributed by atoms with E-state index >= 15 is 0 Å². The molecule has 1 unspecified atom stereocenters. The summed E-state index contributed by atoms with van der Waals surface area (Å²) in [4.78, 5) is 23.2. The third kappa shape index (κ3) is 5.85. The zero-order chi connectivity index (χ0) is 16.2. The van der Waals surface area contributed by atoms with E-state index in [-0.39, 0.29) is 28.5 Å². The number of carbonyl (C=O) groups is 2. The predicted molar refractivity (Wildman–Crippen MR) is 84.3 cm³/mol. The highest BCUT2D eigenvalue weighted by Gasteiger charge is 2.19. The highest BCUT2D eigenvalue weighted by molar-refractivity contribution is 6.01. The van der Waals surface area contributed by atoms with Crippen LogP contribution in [0.5, 0.6) is 0 Å². The smallest absolute Gasteiger partial charge is 0.337 e. The minimum Gasteiger partial charge on any atom is -0.478 e. The van der Waals surface area contributed by atoms with Crippen LogP contribution in [0.15, 0.2) is 18.2 Å². The van der Waals surface area contributed by atoms with E-state index in [9.17, 15) is 9.59 Å². The van der Waals surface area contributed by atoms with Gasteiger partial charge in [0.25, 0.3) is 0 Å². The highest BCUT2D eigenvalue weighted by Crippen LogP contribution is 2.26. The Hall–Kier alpha value is -2.04. The molecule has 0 aliphatic carbocycles. The van der Waals surface area contributed by atoms with Crippen molar-refractivity contribution in [2.24, 2.45) is 11.3 Å². The lowest BCUT2D eigenvalue weighted by Crippen LogP contribution is -2.20. The Morgan fingerprint density at radius 3 is 2.48 bits per heavy atom. The summed E-state index contributed by atoms with van der Waals surface area (Å²) in [5, 5.41) is 11.8. The number of hydrogen-bond acceptors (Lipinski definition) is 3. The first-order valence-corrected chi connectivity index (χ1v) is 7.01. The van der Waals surface area contributed by atoms with E-state index in [0.29, 0.717) is 12.1 Å². The van der Waals surface area contributed by atoms with Gasteiger partial charge in [-0.25, -0.2) is 4.79 Å². The zero-order valence-corrected chi connectivity index (χ0v) is 13.1. The lowest BCUT2D eigenvalue weighted by Gasteiger charge is -2.22. The minimum absolute atomic E-state index is 0.0426. The molecule has 1 aromatic rings. The molecule has 0 saturated carbocycles. The van der Waals surface area contributed by atoms with Gasteiger partial charge in [0.2, 0.25) is 5.91 Å². The van der Waals surface area contributed by atoms with Gasteiger partial charge in [-0.15, -0.1) is 0 Å². The summed E-state index contributed by atoms with van der Waals surface area (Å²) < 4.78 is 0. The number of carboxylic acid groups (broad SMARTS) is 1. The van der Waals surface area contributed by atoms with Gasteiger partial charge < -0.3 is 16.2 Å². The molecule has 116 valence electrons. The number of hydrogen-bond donors (Lipinski definition) is 3. The second kappa shape index (κ2) is 6.61. The topological polar surface area (TPSA) is 92.4 Å². The first-order chi connectivity index (χ1) is 9.58. The van der Waals surface area contributed by atoms with Crippen molar-refractivity contribution in [3.63, 3.8) is 0 Å². The largest absolute Gasteiger partial charge is 0.478 e. The van der Waals surface area contributed by atoms with Crippen molar-refractivity contribution in [2.45, 2.75) is 40.5 Å². The van der Waals surface area contributed by atoms with Gasteiger partial charge in [0.15, 0.2) is 0 Å². The van der Waals surface area contributed by atoms with Gasteiger partial charge in [0, 0.05) is 12.1 Å². The molecular weight excluding hydrogens is 268 g/mol. The van der Waals surface area contributed by atoms with Crippen LogP contribution in [-0.2, 0) is 4.79 Å². The number of amides is 1. The van der Waals surface area contributed by atoms with Gasteiger partial charge in [-0.2, -0.15) is 0 Å². The Morgan fingerprint density at radius 2 is 1.95 bits per heavy atom. The molecule has 4 N–H and O–H groups in total. The third-order valence-corrected chi connectivity index (χ3v) is 3.04. The Kier molecular flexibility index (Phi) is 5.35. The maximum Gasteiger partial charge on any atom is 0.337 e. The van der Waals surface area contributed by atoms with Crippen LogP contribution in [0.2, 0.25) is 0 Å². The molecule has 0 heterocycles. The van der Waals surface area contributed by atoms with Crippen molar-refractivity contribution in [1.29, 1.82) is 0 Å². The van der Waals surface area contributed by atoms with Crippen LogP contribution in [0.3, 0.4) is 0 Å². The van der Waals surface area contributed by atoms with E-state index in [2.05, 4.69) is 26.1 Å². The normalized spacial score (nSPS) is 12.8. The Labute approximate surface area is 125 Å². The number of rotatable bonds is 5. The van der Waals surface area contributed by atoms with Crippen molar-refractivity contribution < 1.29 is 14.7 Å². The monoisotopic (exact) mass is 292 g/mol. The molecule has 1 amide bonds. The molecule has 0 radical (unpaired) electrons. The van der Waals surface area contributed by atoms with Crippen LogP contribution < -0.4 is 11.1 Å². The van der Waals surface area contributed by atoms with Crippen LogP contribution in [0.1, 0.15) is 50.9 Å². The third-order valence-electron chi connectivity index (χ3n) is 3.04. The number of nitrogen functional groups attached to an aromatic ring is 1. The van der Waals surface area contributed by atoms with Crippen LogP contribution in [0, 0.1) is 11.3 Å². The molecule has 5 nitrogen and oxygen atoms in total. The summed E-state index contributed by atoms with van der Waals surface area (Å²) in [6, 6.07) is 4.36. The molecule has 0 saturated heterocycles. The number of aromatic carboxylic acids is 1. The highest BCUT2D eigenvalue weighted by atomic mass is 16.4. The van der Waals surface area contributed by atoms with Gasteiger partial charge in [-0.05, 0) is 36.0 Å². The van der Waals surface area contributed by atoms with E-state index in [0.717, 1.165) is 6.42 Å². The summed E-state index contributed by atoms with van der Waals surface area (Å²) >= 11 is 0. The fraction of sp³-hybridized carbons (Fsp3) is 0.500. The van der Waals surface area contributed by atoms with Crippen LogP contribution in [0.25, 0.3) is 0 Å². The average molecular weight is 292 g/mol. The maximum absolute atomic E-state index is 12.0. The molecular formula is C16H24N2O3. The maximum atomic E-state index is 12.0. The van der Waals surface area contributed by atoms with Gasteiger partial charge in [-0.3, -0.25) is 4.79 Å². The SMILES string of the molecule is CC(CC(=O)Nc1cc(N)ccc1C(=O)O)CC(C)(C)C. The Bertz CT molecular complexity index is 533. The van der Waals surface area contributed by atoms with Crippen molar-refractivity contribution in [3.05, 3.63) is 23.8 Å². The summed E-state index contributed by atoms with van der Waals surface area (Å²) in [5.74, 6) is -1.06. The molecule has 0 spiro atoms. The molecule has 1 rings (SSSR count). The standard InChI is InChI=1S/C16H24N2O3/c1-10(9-16(2,3)4)7-14(19)18-13-8-11(17)5-6-12(13)15(20)21/h5-6,8,10H,7,9,17H2,1-4H3,(H,18,19)(H,20,21). The predicted octanol–water partition coefficient (Wildman–Crippen LogP) is 3.37. The second-order valence-electron chi connectivity index (χ2n) is 6.73. The molecule has 0 aliphatic rings. The molecule has 5 heteroatoms. The molecule has 1 atom stereocenters. The fourth-order valence-electron chi connectivity index (χ4n) is 2.49. The van der Waals surface area contributed by atoms with Gasteiger partial charge >= 0.3 is 5.97 Å². The van der Waals surface area contributed by atoms with Crippen LogP contribution in [-0.4, -0.2) is 17.0 Å². The van der Waals surface area contributed by atoms with Crippen molar-refractivity contribution >= 4 is 23.3 Å².